The van der Waals surface area contributed by atoms with Crippen molar-refractivity contribution in [3.8, 4) is 27.9 Å². The SMILES string of the molecule is c1ccc(N(c2ccccc2)c2cc(-c3cc4c5ccccc5n(-c5ccccc5)c4c4c3-c3ccccc3C4)cc(N(c3ccccc3)c3ccc4c5ccccc5c5ccccc5c4c3)c2)cc1. The molecule has 3 heteroatoms. The second-order valence-corrected chi connectivity index (χ2v) is 18.4. The maximum absolute atomic E-state index is 2.50. The van der Waals surface area contributed by atoms with Crippen LogP contribution >= 0.6 is 0 Å². The molecule has 3 nitrogen and oxygen atoms in total. The molecule has 0 saturated heterocycles. The lowest BCUT2D eigenvalue weighted by Gasteiger charge is -2.31. The fraction of sp³-hybridized carbons (Fsp3) is 0.0149. The number of hydrogen-bond acceptors (Lipinski definition) is 2. The van der Waals surface area contributed by atoms with Crippen LogP contribution in [0.4, 0.5) is 34.1 Å². The molecule has 1 heterocycles. The molecule has 0 radical (unpaired) electrons. The van der Waals surface area contributed by atoms with Gasteiger partial charge in [-0.3, -0.25) is 0 Å². The highest BCUT2D eigenvalue weighted by atomic mass is 15.2. The monoisotopic (exact) mass is 891 g/mol. The van der Waals surface area contributed by atoms with Crippen LogP contribution < -0.4 is 9.80 Å². The Balaban J connectivity index is 1.10. The van der Waals surface area contributed by atoms with E-state index >= 15 is 0 Å². The summed E-state index contributed by atoms with van der Waals surface area (Å²) in [5.41, 5.74) is 17.8. The summed E-state index contributed by atoms with van der Waals surface area (Å²) in [7, 11) is 0. The number of aromatic nitrogens is 1. The zero-order valence-corrected chi connectivity index (χ0v) is 38.4. The van der Waals surface area contributed by atoms with Crippen molar-refractivity contribution in [3.05, 3.63) is 272 Å². The zero-order chi connectivity index (χ0) is 46.1. The number of rotatable bonds is 8. The molecular formula is C67H45N3. The van der Waals surface area contributed by atoms with E-state index in [2.05, 4.69) is 275 Å². The molecule has 0 N–H and O–H groups in total. The van der Waals surface area contributed by atoms with Crippen LogP contribution in [-0.4, -0.2) is 4.57 Å². The van der Waals surface area contributed by atoms with Crippen LogP contribution in [0.25, 0.3) is 82.1 Å². The number of benzene rings is 12. The minimum absolute atomic E-state index is 0.849. The van der Waals surface area contributed by atoms with Gasteiger partial charge in [-0.15, -0.1) is 0 Å². The second kappa shape index (κ2) is 16.3. The molecule has 0 fully saturated rings. The predicted molar refractivity (Wildman–Crippen MR) is 296 cm³/mol. The van der Waals surface area contributed by atoms with Gasteiger partial charge in [0.1, 0.15) is 0 Å². The summed E-state index contributed by atoms with van der Waals surface area (Å²) in [4.78, 5) is 4.86. The number of nitrogens with zero attached hydrogens (tertiary/aromatic N) is 3. The number of para-hydroxylation sites is 5. The Morgan fingerprint density at radius 1 is 0.300 bits per heavy atom. The fourth-order valence-corrected chi connectivity index (χ4v) is 11.5. The lowest BCUT2D eigenvalue weighted by Crippen LogP contribution is -2.13. The third-order valence-electron chi connectivity index (χ3n) is 14.5. The minimum Gasteiger partial charge on any atom is -0.310 e. The van der Waals surface area contributed by atoms with E-state index in [4.69, 9.17) is 0 Å². The van der Waals surface area contributed by atoms with Gasteiger partial charge in [-0.2, -0.15) is 0 Å². The van der Waals surface area contributed by atoms with Crippen molar-refractivity contribution in [3.63, 3.8) is 0 Å². The Hall–Kier alpha value is -9.18. The Labute approximate surface area is 407 Å². The van der Waals surface area contributed by atoms with E-state index in [1.807, 2.05) is 0 Å². The first-order chi connectivity index (χ1) is 34.7. The van der Waals surface area contributed by atoms with Crippen molar-refractivity contribution in [1.82, 2.24) is 4.57 Å². The summed E-state index contributed by atoms with van der Waals surface area (Å²) in [6, 6.07) is 95.8. The highest BCUT2D eigenvalue weighted by molar-refractivity contribution is 6.26. The lowest BCUT2D eigenvalue weighted by molar-refractivity contribution is 1.15. The predicted octanol–water partition coefficient (Wildman–Crippen LogP) is 18.4. The van der Waals surface area contributed by atoms with Crippen LogP contribution in [0.2, 0.25) is 0 Å². The van der Waals surface area contributed by atoms with Crippen molar-refractivity contribution in [2.75, 3.05) is 9.80 Å². The third-order valence-corrected chi connectivity index (χ3v) is 14.5. The average Bonchev–Trinajstić information content (AvgIpc) is 3.99. The van der Waals surface area contributed by atoms with Gasteiger partial charge >= 0.3 is 0 Å². The van der Waals surface area contributed by atoms with Gasteiger partial charge in [0.2, 0.25) is 0 Å². The van der Waals surface area contributed by atoms with Crippen LogP contribution in [0.5, 0.6) is 0 Å². The molecule has 12 aromatic carbocycles. The van der Waals surface area contributed by atoms with E-state index in [9.17, 15) is 0 Å². The van der Waals surface area contributed by atoms with Gasteiger partial charge in [0.25, 0.3) is 0 Å². The minimum atomic E-state index is 0.849. The average molecular weight is 892 g/mol. The molecular weight excluding hydrogens is 847 g/mol. The van der Waals surface area contributed by atoms with Crippen molar-refractivity contribution in [2.24, 2.45) is 0 Å². The van der Waals surface area contributed by atoms with Crippen molar-refractivity contribution >= 4 is 88.2 Å². The molecule has 14 rings (SSSR count). The summed E-state index contributed by atoms with van der Waals surface area (Å²) in [6.45, 7) is 0. The first-order valence-electron chi connectivity index (χ1n) is 24.2. The van der Waals surface area contributed by atoms with Crippen molar-refractivity contribution in [2.45, 2.75) is 6.42 Å². The molecule has 0 saturated carbocycles. The van der Waals surface area contributed by atoms with Crippen LogP contribution in [0.1, 0.15) is 11.1 Å². The smallest absolute Gasteiger partial charge is 0.0583 e. The Morgan fingerprint density at radius 3 is 1.37 bits per heavy atom. The molecule has 1 aliphatic rings. The van der Waals surface area contributed by atoms with E-state index in [1.54, 1.807) is 0 Å². The molecule has 1 aromatic heterocycles. The number of anilines is 6. The van der Waals surface area contributed by atoms with Gasteiger partial charge < -0.3 is 14.4 Å². The first-order valence-corrected chi connectivity index (χ1v) is 24.2. The van der Waals surface area contributed by atoms with Gasteiger partial charge in [0.05, 0.1) is 11.0 Å². The Kier molecular flexibility index (Phi) is 9.28. The van der Waals surface area contributed by atoms with Crippen molar-refractivity contribution < 1.29 is 0 Å². The summed E-state index contributed by atoms with van der Waals surface area (Å²) in [5, 5.41) is 10.0. The molecule has 0 aliphatic heterocycles. The van der Waals surface area contributed by atoms with E-state index in [-0.39, 0.29) is 0 Å². The number of fused-ring (bicyclic) bond motifs is 13. The Bertz CT molecular complexity index is 4070. The standard InChI is InChI=1S/C67H45N3/c1-5-22-47(23-6-1)68(48-24-7-2-8-25-48)52-39-46(61-44-63-60-35-19-20-36-65(60)70(50-28-11-4-12-29-50)67(63)64-41-45-21-13-14-30-54(45)66(61)64)40-53(42-52)69(49-26-9-3-10-27-49)51-37-38-59-57-33-16-15-31-55(57)56-32-17-18-34-58(56)62(59)43-51/h1-40,42-44H,41H2. The van der Waals surface area contributed by atoms with Crippen LogP contribution in [-0.2, 0) is 6.42 Å². The number of hydrogen-bond donors (Lipinski definition) is 0. The highest BCUT2D eigenvalue weighted by Gasteiger charge is 2.30. The molecule has 13 aromatic rings. The highest BCUT2D eigenvalue weighted by Crippen LogP contribution is 2.52. The molecule has 0 atom stereocenters. The fourth-order valence-electron chi connectivity index (χ4n) is 11.5. The van der Waals surface area contributed by atoms with Gasteiger partial charge in [0.15, 0.2) is 0 Å². The van der Waals surface area contributed by atoms with E-state index in [0.717, 1.165) is 46.1 Å². The molecule has 0 spiro atoms. The van der Waals surface area contributed by atoms with E-state index in [0.29, 0.717) is 0 Å². The molecule has 1 aliphatic carbocycles. The molecule has 0 amide bonds. The van der Waals surface area contributed by atoms with Gasteiger partial charge in [-0.05, 0) is 157 Å². The summed E-state index contributed by atoms with van der Waals surface area (Å²) >= 11 is 0. The Morgan fingerprint density at radius 2 is 0.771 bits per heavy atom. The second-order valence-electron chi connectivity index (χ2n) is 18.4. The lowest BCUT2D eigenvalue weighted by atomic mass is 9.90. The van der Waals surface area contributed by atoms with E-state index < -0.39 is 0 Å². The maximum atomic E-state index is 2.50. The third kappa shape index (κ3) is 6.36. The molecule has 0 bridgehead atoms. The largest absolute Gasteiger partial charge is 0.310 e. The van der Waals surface area contributed by atoms with E-state index in [1.165, 1.54) is 87.6 Å². The van der Waals surface area contributed by atoms with Crippen LogP contribution in [0.3, 0.4) is 0 Å². The molecule has 328 valence electrons. The van der Waals surface area contributed by atoms with Gasteiger partial charge in [-0.1, -0.05) is 170 Å². The molecule has 0 unspecified atom stereocenters. The normalized spacial score (nSPS) is 11.9. The topological polar surface area (TPSA) is 11.4 Å². The van der Waals surface area contributed by atoms with Gasteiger partial charge in [-0.25, -0.2) is 0 Å². The molecule has 70 heavy (non-hydrogen) atoms. The maximum Gasteiger partial charge on any atom is 0.0583 e. The summed E-state index contributed by atoms with van der Waals surface area (Å²) < 4.78 is 2.50. The van der Waals surface area contributed by atoms with Crippen LogP contribution in [0.15, 0.2) is 261 Å². The van der Waals surface area contributed by atoms with Crippen molar-refractivity contribution in [1.29, 1.82) is 0 Å². The zero-order valence-electron chi connectivity index (χ0n) is 38.4. The summed E-state index contributed by atoms with van der Waals surface area (Å²) in [6.07, 6.45) is 0.849. The summed E-state index contributed by atoms with van der Waals surface area (Å²) in [5.74, 6) is 0. The first kappa shape index (κ1) is 39.9. The van der Waals surface area contributed by atoms with Crippen LogP contribution in [0, 0.1) is 0 Å². The quantitative estimate of drug-likeness (QED) is 0.141. The van der Waals surface area contributed by atoms with Gasteiger partial charge in [0, 0.05) is 57.0 Å².